The van der Waals surface area contributed by atoms with Crippen molar-refractivity contribution in [3.05, 3.63) is 51.1 Å². The summed E-state index contributed by atoms with van der Waals surface area (Å²) in [6, 6.07) is 6.09. The minimum atomic E-state index is -3.81. The van der Waals surface area contributed by atoms with Crippen molar-refractivity contribution in [3.63, 3.8) is 0 Å². The standard InChI is InChI=1S/C10H9BrN2O3S/c1-7-6-13(10(14)12-7)17(15,16)9-4-2-8(11)3-5-9/h2-6H,1H3,(H,12,14). The first-order chi connectivity index (χ1) is 7.91. The minimum Gasteiger partial charge on any atom is -0.309 e. The van der Waals surface area contributed by atoms with Gasteiger partial charge in [0.05, 0.1) is 4.90 Å². The van der Waals surface area contributed by atoms with Crippen LogP contribution in [-0.4, -0.2) is 17.4 Å². The Morgan fingerprint density at radius 3 is 2.29 bits per heavy atom. The second-order valence-electron chi connectivity index (χ2n) is 3.50. The van der Waals surface area contributed by atoms with Crippen LogP contribution in [0.3, 0.4) is 0 Å². The Morgan fingerprint density at radius 1 is 1.24 bits per heavy atom. The Balaban J connectivity index is 2.61. The molecule has 0 aliphatic rings. The smallest absolute Gasteiger partial charge is 0.309 e. The van der Waals surface area contributed by atoms with Crippen molar-refractivity contribution in [1.82, 2.24) is 8.96 Å². The summed E-state index contributed by atoms with van der Waals surface area (Å²) in [4.78, 5) is 13.9. The lowest BCUT2D eigenvalue weighted by Gasteiger charge is -2.03. The second-order valence-corrected chi connectivity index (χ2v) is 6.23. The molecule has 0 radical (unpaired) electrons. The molecule has 5 nitrogen and oxygen atoms in total. The van der Waals surface area contributed by atoms with Gasteiger partial charge in [0, 0.05) is 16.4 Å². The molecule has 1 aromatic heterocycles. The van der Waals surface area contributed by atoms with Crippen molar-refractivity contribution in [2.24, 2.45) is 0 Å². The van der Waals surface area contributed by atoms with Gasteiger partial charge in [-0.05, 0) is 31.2 Å². The number of hydrogen-bond acceptors (Lipinski definition) is 3. The fraction of sp³-hybridized carbons (Fsp3) is 0.100. The van der Waals surface area contributed by atoms with Crippen LogP contribution in [0.4, 0.5) is 0 Å². The van der Waals surface area contributed by atoms with Crippen LogP contribution in [0.5, 0.6) is 0 Å². The predicted octanol–water partition coefficient (Wildman–Crippen LogP) is 1.48. The van der Waals surface area contributed by atoms with Crippen LogP contribution < -0.4 is 5.69 Å². The Labute approximate surface area is 106 Å². The van der Waals surface area contributed by atoms with E-state index < -0.39 is 15.7 Å². The zero-order chi connectivity index (χ0) is 12.6. The summed E-state index contributed by atoms with van der Waals surface area (Å²) >= 11 is 3.22. The van der Waals surface area contributed by atoms with Crippen molar-refractivity contribution in [3.8, 4) is 0 Å². The van der Waals surface area contributed by atoms with E-state index in [4.69, 9.17) is 0 Å². The van der Waals surface area contributed by atoms with Gasteiger partial charge in [-0.15, -0.1) is 0 Å². The van der Waals surface area contributed by atoms with Gasteiger partial charge in [0.15, 0.2) is 0 Å². The largest absolute Gasteiger partial charge is 0.339 e. The molecule has 0 bridgehead atoms. The summed E-state index contributed by atoms with van der Waals surface area (Å²) in [5.41, 5.74) is -0.166. The van der Waals surface area contributed by atoms with Crippen molar-refractivity contribution in [1.29, 1.82) is 0 Å². The van der Waals surface area contributed by atoms with Crippen molar-refractivity contribution < 1.29 is 8.42 Å². The summed E-state index contributed by atoms with van der Waals surface area (Å²) in [6.07, 6.45) is 1.26. The Morgan fingerprint density at radius 2 is 1.82 bits per heavy atom. The number of rotatable bonds is 2. The van der Waals surface area contributed by atoms with Gasteiger partial charge in [0.1, 0.15) is 0 Å². The first-order valence-electron chi connectivity index (χ1n) is 4.70. The highest BCUT2D eigenvalue weighted by Gasteiger charge is 2.19. The van der Waals surface area contributed by atoms with Crippen LogP contribution >= 0.6 is 15.9 Å². The summed E-state index contributed by atoms with van der Waals surface area (Å²) in [5, 5.41) is 0. The molecule has 0 aliphatic carbocycles. The molecule has 0 unspecified atom stereocenters. The lowest BCUT2D eigenvalue weighted by Crippen LogP contribution is -2.24. The van der Waals surface area contributed by atoms with Crippen LogP contribution in [-0.2, 0) is 10.0 Å². The number of nitrogens with zero attached hydrogens (tertiary/aromatic N) is 1. The average Bonchev–Trinajstić information content (AvgIpc) is 2.59. The van der Waals surface area contributed by atoms with E-state index in [-0.39, 0.29) is 4.90 Å². The number of imidazole rings is 1. The van der Waals surface area contributed by atoms with E-state index >= 15 is 0 Å². The average molecular weight is 317 g/mol. The van der Waals surface area contributed by atoms with E-state index in [2.05, 4.69) is 20.9 Å². The third-order valence-corrected chi connectivity index (χ3v) is 4.37. The van der Waals surface area contributed by atoms with Gasteiger partial charge in [-0.2, -0.15) is 3.97 Å². The molecule has 0 amide bonds. The van der Waals surface area contributed by atoms with E-state index in [0.29, 0.717) is 9.67 Å². The van der Waals surface area contributed by atoms with Gasteiger partial charge in [0.25, 0.3) is 10.0 Å². The van der Waals surface area contributed by atoms with Gasteiger partial charge in [-0.1, -0.05) is 15.9 Å². The van der Waals surface area contributed by atoms with Crippen LogP contribution in [0.15, 0.2) is 44.6 Å². The molecule has 0 saturated heterocycles. The monoisotopic (exact) mass is 316 g/mol. The highest BCUT2D eigenvalue weighted by molar-refractivity contribution is 9.10. The van der Waals surface area contributed by atoms with Crippen molar-refractivity contribution in [2.75, 3.05) is 0 Å². The van der Waals surface area contributed by atoms with E-state index in [9.17, 15) is 13.2 Å². The van der Waals surface area contributed by atoms with Crippen LogP contribution in [0.25, 0.3) is 0 Å². The van der Waals surface area contributed by atoms with Gasteiger partial charge in [0.2, 0.25) is 0 Å². The van der Waals surface area contributed by atoms with E-state index in [1.54, 1.807) is 19.1 Å². The molecule has 1 N–H and O–H groups in total. The zero-order valence-corrected chi connectivity index (χ0v) is 11.2. The molecular weight excluding hydrogens is 308 g/mol. The van der Waals surface area contributed by atoms with Crippen LogP contribution in [0.2, 0.25) is 0 Å². The minimum absolute atomic E-state index is 0.0711. The summed E-state index contributed by atoms with van der Waals surface area (Å²) in [5.74, 6) is 0. The molecule has 0 aliphatic heterocycles. The molecule has 2 rings (SSSR count). The van der Waals surface area contributed by atoms with E-state index in [0.717, 1.165) is 4.47 Å². The quantitative estimate of drug-likeness (QED) is 0.912. The molecule has 0 saturated carbocycles. The first kappa shape index (κ1) is 12.1. The number of H-pyrrole nitrogens is 1. The molecule has 0 atom stereocenters. The topological polar surface area (TPSA) is 71.9 Å². The fourth-order valence-corrected chi connectivity index (χ4v) is 2.92. The van der Waals surface area contributed by atoms with Crippen LogP contribution in [0.1, 0.15) is 5.69 Å². The molecule has 17 heavy (non-hydrogen) atoms. The number of halogens is 1. The summed E-state index contributed by atoms with van der Waals surface area (Å²) in [7, 11) is -3.81. The Bertz CT molecular complexity index is 698. The molecule has 0 fully saturated rings. The Hall–Kier alpha value is -1.34. The summed E-state index contributed by atoms with van der Waals surface area (Å²) in [6.45, 7) is 1.62. The number of aryl methyl sites for hydroxylation is 1. The molecule has 2 aromatic rings. The SMILES string of the molecule is Cc1cn(S(=O)(=O)c2ccc(Br)cc2)c(=O)[nH]1. The van der Waals surface area contributed by atoms with E-state index in [1.807, 2.05) is 0 Å². The van der Waals surface area contributed by atoms with Gasteiger partial charge in [-0.3, -0.25) is 0 Å². The number of hydrogen-bond donors (Lipinski definition) is 1. The third kappa shape index (κ3) is 2.20. The molecular formula is C10H9BrN2O3S. The first-order valence-corrected chi connectivity index (χ1v) is 6.94. The molecule has 1 aromatic carbocycles. The number of benzene rings is 1. The second kappa shape index (κ2) is 4.15. The van der Waals surface area contributed by atoms with Crippen LogP contribution in [0, 0.1) is 6.92 Å². The maximum Gasteiger partial charge on any atom is 0.339 e. The predicted molar refractivity (Wildman–Crippen MR) is 66.5 cm³/mol. The maximum absolute atomic E-state index is 12.1. The Kier molecular flexibility index (Phi) is 2.96. The fourth-order valence-electron chi connectivity index (χ4n) is 1.39. The zero-order valence-electron chi connectivity index (χ0n) is 8.84. The highest BCUT2D eigenvalue weighted by Crippen LogP contribution is 2.16. The van der Waals surface area contributed by atoms with Gasteiger partial charge < -0.3 is 4.98 Å². The molecule has 0 spiro atoms. The maximum atomic E-state index is 12.1. The normalized spacial score (nSPS) is 11.6. The van der Waals surface area contributed by atoms with Gasteiger partial charge in [-0.25, -0.2) is 13.2 Å². The van der Waals surface area contributed by atoms with E-state index in [1.165, 1.54) is 18.3 Å². The molecule has 7 heteroatoms. The van der Waals surface area contributed by atoms with Gasteiger partial charge >= 0.3 is 5.69 Å². The summed E-state index contributed by atoms with van der Waals surface area (Å²) < 4.78 is 25.7. The third-order valence-electron chi connectivity index (χ3n) is 2.19. The highest BCUT2D eigenvalue weighted by atomic mass is 79.9. The van der Waals surface area contributed by atoms with Crippen molar-refractivity contribution in [2.45, 2.75) is 11.8 Å². The molecule has 90 valence electrons. The number of aromatic nitrogens is 2. The lowest BCUT2D eigenvalue weighted by atomic mass is 10.4. The lowest BCUT2D eigenvalue weighted by molar-refractivity contribution is 0.585. The number of aromatic amines is 1. The number of nitrogens with one attached hydrogen (secondary N) is 1. The van der Waals surface area contributed by atoms with Crippen molar-refractivity contribution >= 4 is 26.0 Å². The molecule has 1 heterocycles.